The third-order valence-electron chi connectivity index (χ3n) is 3.69. The first kappa shape index (κ1) is 17.5. The van der Waals surface area contributed by atoms with Crippen molar-refractivity contribution in [1.29, 1.82) is 0 Å². The number of methoxy groups -OCH3 is 1. The fourth-order valence-corrected chi connectivity index (χ4v) is 2.36. The number of halogens is 2. The van der Waals surface area contributed by atoms with Crippen molar-refractivity contribution in [3.8, 4) is 17.2 Å². The van der Waals surface area contributed by atoms with Gasteiger partial charge in [0.2, 0.25) is 0 Å². The molecule has 0 saturated carbocycles. The van der Waals surface area contributed by atoms with Crippen molar-refractivity contribution in [3.05, 3.63) is 58.2 Å². The molecule has 0 aliphatic heterocycles. The number of carbonyl (C=O) groups excluding carboxylic acids is 1. The number of aromatic hydroxyl groups is 2. The first-order valence-corrected chi connectivity index (χ1v) is 7.04. The number of carbonyl (C=O) groups is 1. The number of phenols is 2. The Bertz CT molecular complexity index is 842. The van der Waals surface area contributed by atoms with E-state index in [0.717, 1.165) is 30.4 Å². The molecule has 0 unspecified atom stereocenters. The second-order valence-corrected chi connectivity index (χ2v) is 5.22. The molecule has 0 spiro atoms. The largest absolute Gasteiger partial charge is 0.507 e. The quantitative estimate of drug-likeness (QED) is 0.657. The zero-order valence-corrected chi connectivity index (χ0v) is 13.4. The van der Waals surface area contributed by atoms with Crippen molar-refractivity contribution < 1.29 is 28.5 Å². The summed E-state index contributed by atoms with van der Waals surface area (Å²) in [5.41, 5.74) is 0.163. The van der Waals surface area contributed by atoms with Gasteiger partial charge in [0.25, 0.3) is 0 Å². The number of benzene rings is 2. The molecule has 2 aromatic carbocycles. The molecule has 0 atom stereocenters. The highest BCUT2D eigenvalue weighted by Crippen LogP contribution is 2.41. The van der Waals surface area contributed by atoms with E-state index < -0.39 is 23.2 Å². The van der Waals surface area contributed by atoms with Gasteiger partial charge in [-0.05, 0) is 44.2 Å². The van der Waals surface area contributed by atoms with Gasteiger partial charge in [-0.2, -0.15) is 0 Å². The maximum atomic E-state index is 13.6. The second-order valence-electron chi connectivity index (χ2n) is 5.22. The van der Waals surface area contributed by atoms with Crippen molar-refractivity contribution in [1.82, 2.24) is 0 Å². The predicted molar refractivity (Wildman–Crippen MR) is 85.5 cm³/mol. The molecule has 0 aliphatic carbocycles. The average molecular weight is 334 g/mol. The Balaban J connectivity index is 2.51. The lowest BCUT2D eigenvalue weighted by Crippen LogP contribution is -2.03. The summed E-state index contributed by atoms with van der Waals surface area (Å²) in [6.45, 7) is 2.98. The molecule has 0 amide bonds. The van der Waals surface area contributed by atoms with E-state index in [1.54, 1.807) is 0 Å². The van der Waals surface area contributed by atoms with Gasteiger partial charge in [0.15, 0.2) is 5.78 Å². The van der Waals surface area contributed by atoms with Gasteiger partial charge in [0, 0.05) is 16.7 Å². The standard InChI is InChI=1S/C18H16F2O4/c1-9-16(22)10(2)18(24-3)15(17(9)23)14(21)7-4-11-8-12(19)5-6-13(11)20/h4-8,22-23H,1-3H3. The molecule has 6 heteroatoms. The van der Waals surface area contributed by atoms with Crippen LogP contribution in [-0.4, -0.2) is 23.1 Å². The molecule has 0 bridgehead atoms. The van der Waals surface area contributed by atoms with Crippen molar-refractivity contribution in [3.63, 3.8) is 0 Å². The van der Waals surface area contributed by atoms with Gasteiger partial charge < -0.3 is 14.9 Å². The molecular formula is C18H16F2O4. The fraction of sp³-hybridized carbons (Fsp3) is 0.167. The van der Waals surface area contributed by atoms with E-state index in [4.69, 9.17) is 4.74 Å². The molecule has 4 nitrogen and oxygen atoms in total. The Morgan fingerprint density at radius 1 is 1.12 bits per heavy atom. The van der Waals surface area contributed by atoms with E-state index in [1.165, 1.54) is 21.0 Å². The Labute approximate surface area is 137 Å². The molecule has 2 aromatic rings. The fourth-order valence-electron chi connectivity index (χ4n) is 2.36. The highest BCUT2D eigenvalue weighted by Gasteiger charge is 2.23. The smallest absolute Gasteiger partial charge is 0.193 e. The van der Waals surface area contributed by atoms with Crippen LogP contribution in [0.2, 0.25) is 0 Å². The van der Waals surface area contributed by atoms with Crippen molar-refractivity contribution in [2.24, 2.45) is 0 Å². The summed E-state index contributed by atoms with van der Waals surface area (Å²) in [5.74, 6) is -2.58. The van der Waals surface area contributed by atoms with Crippen LogP contribution in [0, 0.1) is 25.5 Å². The van der Waals surface area contributed by atoms with E-state index >= 15 is 0 Å². The molecule has 0 heterocycles. The zero-order valence-electron chi connectivity index (χ0n) is 13.4. The average Bonchev–Trinajstić information content (AvgIpc) is 2.56. The Hall–Kier alpha value is -2.89. The zero-order chi connectivity index (χ0) is 18.0. The maximum absolute atomic E-state index is 13.6. The molecule has 24 heavy (non-hydrogen) atoms. The molecule has 0 aliphatic rings. The SMILES string of the molecule is COc1c(C)c(O)c(C)c(O)c1C(=O)C=Cc1cc(F)ccc1F. The van der Waals surface area contributed by atoms with Crippen LogP contribution in [0.25, 0.3) is 6.08 Å². The summed E-state index contributed by atoms with van der Waals surface area (Å²) in [6.07, 6.45) is 2.11. The Morgan fingerprint density at radius 3 is 2.42 bits per heavy atom. The van der Waals surface area contributed by atoms with Crippen LogP contribution in [0.5, 0.6) is 17.2 Å². The molecule has 2 rings (SSSR count). The summed E-state index contributed by atoms with van der Waals surface area (Å²) in [7, 11) is 1.29. The third-order valence-corrected chi connectivity index (χ3v) is 3.69. The predicted octanol–water partition coefficient (Wildman–Crippen LogP) is 3.90. The van der Waals surface area contributed by atoms with Crippen LogP contribution in [-0.2, 0) is 0 Å². The van der Waals surface area contributed by atoms with E-state index in [1.807, 2.05) is 0 Å². The number of phenolic OH excluding ortho intramolecular Hbond substituents is 2. The monoisotopic (exact) mass is 334 g/mol. The van der Waals surface area contributed by atoms with Crippen LogP contribution in [0.4, 0.5) is 8.78 Å². The van der Waals surface area contributed by atoms with Gasteiger partial charge in [-0.25, -0.2) is 8.78 Å². The highest BCUT2D eigenvalue weighted by molar-refractivity contribution is 6.11. The lowest BCUT2D eigenvalue weighted by Gasteiger charge is -2.15. The van der Waals surface area contributed by atoms with E-state index in [2.05, 4.69) is 0 Å². The summed E-state index contributed by atoms with van der Waals surface area (Å²) >= 11 is 0. The number of ketones is 1. The normalized spacial score (nSPS) is 11.0. The first-order valence-electron chi connectivity index (χ1n) is 7.04. The van der Waals surface area contributed by atoms with Crippen LogP contribution in [0.15, 0.2) is 24.3 Å². The van der Waals surface area contributed by atoms with E-state index in [-0.39, 0.29) is 28.2 Å². The number of hydrogen-bond donors (Lipinski definition) is 2. The minimum Gasteiger partial charge on any atom is -0.507 e. The summed E-state index contributed by atoms with van der Waals surface area (Å²) < 4.78 is 31.8. The minimum atomic E-state index is -0.685. The van der Waals surface area contributed by atoms with Gasteiger partial charge in [0.05, 0.1) is 7.11 Å². The first-order chi connectivity index (χ1) is 11.3. The van der Waals surface area contributed by atoms with Gasteiger partial charge in [-0.1, -0.05) is 0 Å². The van der Waals surface area contributed by atoms with E-state index in [0.29, 0.717) is 5.56 Å². The number of ether oxygens (including phenoxy) is 1. The second kappa shape index (κ2) is 6.70. The molecular weight excluding hydrogens is 318 g/mol. The molecule has 0 saturated heterocycles. The molecule has 126 valence electrons. The van der Waals surface area contributed by atoms with Crippen LogP contribution in [0.1, 0.15) is 27.0 Å². The van der Waals surface area contributed by atoms with Gasteiger partial charge in [-0.3, -0.25) is 4.79 Å². The number of hydrogen-bond acceptors (Lipinski definition) is 4. The molecule has 0 aromatic heterocycles. The van der Waals surface area contributed by atoms with Crippen molar-refractivity contribution in [2.75, 3.05) is 7.11 Å². The van der Waals surface area contributed by atoms with Crippen LogP contribution >= 0.6 is 0 Å². The van der Waals surface area contributed by atoms with Crippen LogP contribution < -0.4 is 4.74 Å². The lowest BCUT2D eigenvalue weighted by molar-refractivity contribution is 0.104. The summed E-state index contributed by atoms with van der Waals surface area (Å²) in [6, 6.07) is 2.87. The summed E-state index contributed by atoms with van der Waals surface area (Å²) in [5, 5.41) is 20.1. The number of rotatable bonds is 4. The highest BCUT2D eigenvalue weighted by atomic mass is 19.1. The minimum absolute atomic E-state index is 0.0185. The van der Waals surface area contributed by atoms with Crippen molar-refractivity contribution >= 4 is 11.9 Å². The van der Waals surface area contributed by atoms with Gasteiger partial charge in [-0.15, -0.1) is 0 Å². The van der Waals surface area contributed by atoms with Crippen LogP contribution in [0.3, 0.4) is 0 Å². The Kier molecular flexibility index (Phi) is 4.87. The molecule has 2 N–H and O–H groups in total. The Morgan fingerprint density at radius 2 is 1.79 bits per heavy atom. The molecule has 0 fully saturated rings. The van der Waals surface area contributed by atoms with E-state index in [9.17, 15) is 23.8 Å². The molecule has 0 radical (unpaired) electrons. The maximum Gasteiger partial charge on any atom is 0.193 e. The topological polar surface area (TPSA) is 66.8 Å². The third kappa shape index (κ3) is 3.08. The van der Waals surface area contributed by atoms with Gasteiger partial charge in [0.1, 0.15) is 34.4 Å². The lowest BCUT2D eigenvalue weighted by atomic mass is 9.98. The summed E-state index contributed by atoms with van der Waals surface area (Å²) in [4.78, 5) is 12.4. The van der Waals surface area contributed by atoms with Crippen molar-refractivity contribution in [2.45, 2.75) is 13.8 Å². The van der Waals surface area contributed by atoms with Gasteiger partial charge >= 0.3 is 0 Å². The number of allylic oxidation sites excluding steroid dienone is 1.